The molecule has 0 heterocycles. The molecule has 0 saturated carbocycles. The molecule has 19 heavy (non-hydrogen) atoms. The molecule has 0 aromatic heterocycles. The van der Waals surface area contributed by atoms with Crippen molar-refractivity contribution in [2.24, 2.45) is 5.73 Å². The molecule has 3 heteroatoms. The number of anilines is 1. The molecule has 0 aliphatic heterocycles. The van der Waals surface area contributed by atoms with E-state index in [-0.39, 0.29) is 5.91 Å². The van der Waals surface area contributed by atoms with Gasteiger partial charge in [0.25, 0.3) is 0 Å². The van der Waals surface area contributed by atoms with Gasteiger partial charge in [-0.1, -0.05) is 30.3 Å². The zero-order valence-corrected chi connectivity index (χ0v) is 10.8. The first-order valence-electron chi connectivity index (χ1n) is 6.43. The number of carbonyl (C=O) groups is 1. The first-order valence-corrected chi connectivity index (χ1v) is 6.43. The zero-order chi connectivity index (χ0) is 13.5. The fourth-order valence-corrected chi connectivity index (χ4v) is 1.92. The molecule has 0 atom stereocenters. The van der Waals surface area contributed by atoms with Crippen LogP contribution >= 0.6 is 0 Å². The van der Waals surface area contributed by atoms with E-state index in [4.69, 9.17) is 5.73 Å². The van der Waals surface area contributed by atoms with Crippen molar-refractivity contribution >= 4 is 11.6 Å². The molecule has 0 radical (unpaired) electrons. The second-order valence-electron chi connectivity index (χ2n) is 4.46. The minimum atomic E-state index is -0.378. The number of rotatable bonds is 6. The van der Waals surface area contributed by atoms with E-state index in [1.807, 2.05) is 30.3 Å². The lowest BCUT2D eigenvalue weighted by Gasteiger charge is -2.06. The van der Waals surface area contributed by atoms with Gasteiger partial charge in [-0.2, -0.15) is 0 Å². The fraction of sp³-hybridized carbons (Fsp3) is 0.188. The van der Waals surface area contributed by atoms with Gasteiger partial charge < -0.3 is 11.1 Å². The number of benzene rings is 2. The quantitative estimate of drug-likeness (QED) is 0.779. The average Bonchev–Trinajstić information content (AvgIpc) is 2.45. The van der Waals surface area contributed by atoms with Crippen molar-refractivity contribution in [1.82, 2.24) is 0 Å². The van der Waals surface area contributed by atoms with Crippen LogP contribution in [0.1, 0.15) is 22.3 Å². The van der Waals surface area contributed by atoms with E-state index in [0.717, 1.165) is 25.1 Å². The Bertz CT molecular complexity index is 520. The molecule has 0 bridgehead atoms. The van der Waals surface area contributed by atoms with Gasteiger partial charge in [-0.3, -0.25) is 4.79 Å². The third kappa shape index (κ3) is 4.14. The lowest BCUT2D eigenvalue weighted by molar-refractivity contribution is 0.100. The maximum Gasteiger partial charge on any atom is 0.248 e. The van der Waals surface area contributed by atoms with Crippen LogP contribution in [0.25, 0.3) is 0 Å². The molecule has 2 aromatic carbocycles. The Labute approximate surface area is 113 Å². The molecule has 0 saturated heterocycles. The van der Waals surface area contributed by atoms with Crippen molar-refractivity contribution in [3.05, 3.63) is 65.7 Å². The molecule has 0 spiro atoms. The molecule has 2 aromatic rings. The van der Waals surface area contributed by atoms with E-state index in [9.17, 15) is 4.79 Å². The largest absolute Gasteiger partial charge is 0.385 e. The summed E-state index contributed by atoms with van der Waals surface area (Å²) < 4.78 is 0. The molecule has 2 rings (SSSR count). The topological polar surface area (TPSA) is 55.1 Å². The second kappa shape index (κ2) is 6.59. The third-order valence-corrected chi connectivity index (χ3v) is 2.98. The van der Waals surface area contributed by atoms with Gasteiger partial charge >= 0.3 is 0 Å². The maximum atomic E-state index is 10.9. The van der Waals surface area contributed by atoms with Crippen LogP contribution in [0.2, 0.25) is 0 Å². The first-order chi connectivity index (χ1) is 9.25. The maximum absolute atomic E-state index is 10.9. The van der Waals surface area contributed by atoms with Gasteiger partial charge in [-0.05, 0) is 42.7 Å². The normalized spacial score (nSPS) is 10.1. The molecular weight excluding hydrogens is 236 g/mol. The molecule has 0 aliphatic rings. The van der Waals surface area contributed by atoms with E-state index in [2.05, 4.69) is 17.4 Å². The van der Waals surface area contributed by atoms with E-state index >= 15 is 0 Å². The van der Waals surface area contributed by atoms with Crippen LogP contribution in [0.5, 0.6) is 0 Å². The number of amides is 1. The van der Waals surface area contributed by atoms with Crippen LogP contribution in [-0.2, 0) is 6.42 Å². The SMILES string of the molecule is NC(=O)c1ccc(CCCNc2ccccc2)cc1. The van der Waals surface area contributed by atoms with Crippen LogP contribution < -0.4 is 11.1 Å². The summed E-state index contributed by atoms with van der Waals surface area (Å²) in [5, 5.41) is 3.37. The summed E-state index contributed by atoms with van der Waals surface area (Å²) in [6, 6.07) is 17.6. The standard InChI is InChI=1S/C16H18N2O/c17-16(19)14-10-8-13(9-11-14)5-4-12-18-15-6-2-1-3-7-15/h1-3,6-11,18H,4-5,12H2,(H2,17,19). The summed E-state index contributed by atoms with van der Waals surface area (Å²) in [5.74, 6) is -0.378. The summed E-state index contributed by atoms with van der Waals surface area (Å²) in [6.45, 7) is 0.932. The Hall–Kier alpha value is -2.29. The number of carbonyl (C=O) groups excluding carboxylic acids is 1. The van der Waals surface area contributed by atoms with Crippen LogP contribution in [-0.4, -0.2) is 12.5 Å². The highest BCUT2D eigenvalue weighted by molar-refractivity contribution is 5.92. The lowest BCUT2D eigenvalue weighted by Crippen LogP contribution is -2.10. The van der Waals surface area contributed by atoms with Crippen molar-refractivity contribution in [2.75, 3.05) is 11.9 Å². The van der Waals surface area contributed by atoms with E-state index < -0.39 is 0 Å². The number of aryl methyl sites for hydroxylation is 1. The van der Waals surface area contributed by atoms with Crippen molar-refractivity contribution in [1.29, 1.82) is 0 Å². The molecule has 0 fully saturated rings. The summed E-state index contributed by atoms with van der Waals surface area (Å²) in [6.07, 6.45) is 2.03. The van der Waals surface area contributed by atoms with E-state index in [1.165, 1.54) is 5.56 Å². The Balaban J connectivity index is 1.75. The Morgan fingerprint density at radius 2 is 1.68 bits per heavy atom. The van der Waals surface area contributed by atoms with Gasteiger partial charge in [0.15, 0.2) is 0 Å². The van der Waals surface area contributed by atoms with Crippen molar-refractivity contribution in [2.45, 2.75) is 12.8 Å². The first kappa shape index (κ1) is 13.1. The smallest absolute Gasteiger partial charge is 0.248 e. The minimum absolute atomic E-state index is 0.378. The van der Waals surface area contributed by atoms with Crippen LogP contribution in [0, 0.1) is 0 Å². The fourth-order valence-electron chi connectivity index (χ4n) is 1.92. The molecule has 0 aliphatic carbocycles. The van der Waals surface area contributed by atoms with Crippen LogP contribution in [0.4, 0.5) is 5.69 Å². The van der Waals surface area contributed by atoms with Crippen LogP contribution in [0.3, 0.4) is 0 Å². The zero-order valence-electron chi connectivity index (χ0n) is 10.8. The minimum Gasteiger partial charge on any atom is -0.385 e. The number of hydrogen-bond donors (Lipinski definition) is 2. The van der Waals surface area contributed by atoms with Crippen molar-refractivity contribution < 1.29 is 4.79 Å². The number of hydrogen-bond acceptors (Lipinski definition) is 2. The van der Waals surface area contributed by atoms with Gasteiger partial charge in [0.2, 0.25) is 5.91 Å². The second-order valence-corrected chi connectivity index (χ2v) is 4.46. The van der Waals surface area contributed by atoms with Gasteiger partial charge in [-0.25, -0.2) is 0 Å². The number of nitrogens with one attached hydrogen (secondary N) is 1. The molecule has 1 amide bonds. The Kier molecular flexibility index (Phi) is 4.56. The molecule has 3 nitrogen and oxygen atoms in total. The predicted molar refractivity (Wildman–Crippen MR) is 78.2 cm³/mol. The van der Waals surface area contributed by atoms with Crippen LogP contribution in [0.15, 0.2) is 54.6 Å². The molecule has 3 N–H and O–H groups in total. The number of primary amides is 1. The van der Waals surface area contributed by atoms with Crippen molar-refractivity contribution in [3.63, 3.8) is 0 Å². The van der Waals surface area contributed by atoms with E-state index in [0.29, 0.717) is 5.56 Å². The van der Waals surface area contributed by atoms with Gasteiger partial charge in [0.05, 0.1) is 0 Å². The Morgan fingerprint density at radius 3 is 2.32 bits per heavy atom. The molecular formula is C16H18N2O. The van der Waals surface area contributed by atoms with Gasteiger partial charge in [0, 0.05) is 17.8 Å². The summed E-state index contributed by atoms with van der Waals surface area (Å²) in [5.41, 5.74) is 8.13. The molecule has 98 valence electrons. The monoisotopic (exact) mass is 254 g/mol. The van der Waals surface area contributed by atoms with Gasteiger partial charge in [0.1, 0.15) is 0 Å². The highest BCUT2D eigenvalue weighted by Gasteiger charge is 1.99. The highest BCUT2D eigenvalue weighted by Crippen LogP contribution is 2.08. The van der Waals surface area contributed by atoms with E-state index in [1.54, 1.807) is 12.1 Å². The highest BCUT2D eigenvalue weighted by atomic mass is 16.1. The third-order valence-electron chi connectivity index (χ3n) is 2.98. The number of para-hydroxylation sites is 1. The van der Waals surface area contributed by atoms with Gasteiger partial charge in [-0.15, -0.1) is 0 Å². The Morgan fingerprint density at radius 1 is 1.00 bits per heavy atom. The lowest BCUT2D eigenvalue weighted by atomic mass is 10.1. The summed E-state index contributed by atoms with van der Waals surface area (Å²) >= 11 is 0. The number of nitrogens with two attached hydrogens (primary N) is 1. The van der Waals surface area contributed by atoms with Crippen molar-refractivity contribution in [3.8, 4) is 0 Å². The average molecular weight is 254 g/mol. The summed E-state index contributed by atoms with van der Waals surface area (Å²) in [7, 11) is 0. The summed E-state index contributed by atoms with van der Waals surface area (Å²) in [4.78, 5) is 10.9. The molecule has 0 unspecified atom stereocenters. The predicted octanol–water partition coefficient (Wildman–Crippen LogP) is 2.83.